The first-order valence-electron chi connectivity index (χ1n) is 5.25. The normalized spacial score (nSPS) is 9.94. The highest BCUT2D eigenvalue weighted by molar-refractivity contribution is 7.10. The Kier molecular flexibility index (Phi) is 4.39. The van der Waals surface area contributed by atoms with Crippen LogP contribution in [-0.2, 0) is 18.0 Å². The first-order valence-corrected chi connectivity index (χ1v) is 6.13. The van der Waals surface area contributed by atoms with Gasteiger partial charge in [0.1, 0.15) is 12.4 Å². The molecule has 0 aromatic carbocycles. The first-order chi connectivity index (χ1) is 8.40. The molecule has 0 aliphatic carbocycles. The molecule has 4 heteroatoms. The number of rotatable bonds is 4. The van der Waals surface area contributed by atoms with Gasteiger partial charge in [0.2, 0.25) is 0 Å². The first kappa shape index (κ1) is 11.9. The SMILES string of the molecule is NCC#Cc1ccsc1COCc1ccco1. The van der Waals surface area contributed by atoms with Gasteiger partial charge in [-0.05, 0) is 23.6 Å². The zero-order valence-corrected chi connectivity index (χ0v) is 10.1. The molecule has 2 N–H and O–H groups in total. The van der Waals surface area contributed by atoms with Gasteiger partial charge in [0.15, 0.2) is 0 Å². The van der Waals surface area contributed by atoms with Gasteiger partial charge in [-0.1, -0.05) is 11.8 Å². The molecule has 2 aromatic rings. The quantitative estimate of drug-likeness (QED) is 0.844. The number of thiophene rings is 1. The summed E-state index contributed by atoms with van der Waals surface area (Å²) in [5.41, 5.74) is 6.35. The third-order valence-electron chi connectivity index (χ3n) is 2.13. The number of furan rings is 1. The molecule has 0 saturated heterocycles. The third-order valence-corrected chi connectivity index (χ3v) is 3.02. The predicted molar refractivity (Wildman–Crippen MR) is 67.5 cm³/mol. The highest BCUT2D eigenvalue weighted by Crippen LogP contribution is 2.17. The van der Waals surface area contributed by atoms with Crippen LogP contribution in [0.5, 0.6) is 0 Å². The summed E-state index contributed by atoms with van der Waals surface area (Å²) in [6.45, 7) is 1.41. The van der Waals surface area contributed by atoms with E-state index in [1.54, 1.807) is 17.6 Å². The van der Waals surface area contributed by atoms with Crippen LogP contribution in [0.1, 0.15) is 16.2 Å². The van der Waals surface area contributed by atoms with Crippen molar-refractivity contribution in [1.82, 2.24) is 0 Å². The maximum Gasteiger partial charge on any atom is 0.129 e. The molecule has 0 amide bonds. The van der Waals surface area contributed by atoms with E-state index in [4.69, 9.17) is 14.9 Å². The van der Waals surface area contributed by atoms with Crippen LogP contribution in [-0.4, -0.2) is 6.54 Å². The van der Waals surface area contributed by atoms with E-state index in [0.29, 0.717) is 19.8 Å². The van der Waals surface area contributed by atoms with Crippen LogP contribution in [0.4, 0.5) is 0 Å². The fourth-order valence-corrected chi connectivity index (χ4v) is 2.11. The molecule has 2 aromatic heterocycles. The van der Waals surface area contributed by atoms with Crippen LogP contribution in [0.2, 0.25) is 0 Å². The summed E-state index contributed by atoms with van der Waals surface area (Å²) >= 11 is 1.64. The predicted octanol–water partition coefficient (Wildman–Crippen LogP) is 2.37. The molecule has 0 saturated carbocycles. The number of ether oxygens (including phenoxy) is 1. The Bertz CT molecular complexity index is 505. The molecule has 17 heavy (non-hydrogen) atoms. The molecule has 0 spiro atoms. The second kappa shape index (κ2) is 6.26. The second-order valence-electron chi connectivity index (χ2n) is 3.34. The summed E-state index contributed by atoms with van der Waals surface area (Å²) in [4.78, 5) is 1.12. The van der Waals surface area contributed by atoms with Gasteiger partial charge in [0, 0.05) is 10.4 Å². The third kappa shape index (κ3) is 3.46. The van der Waals surface area contributed by atoms with Crippen molar-refractivity contribution in [2.75, 3.05) is 6.54 Å². The van der Waals surface area contributed by atoms with E-state index in [1.807, 2.05) is 23.6 Å². The molecule has 2 heterocycles. The van der Waals surface area contributed by atoms with Crippen LogP contribution < -0.4 is 5.73 Å². The van der Waals surface area contributed by atoms with E-state index in [1.165, 1.54) is 0 Å². The number of hydrogen-bond donors (Lipinski definition) is 1. The average Bonchev–Trinajstić information content (AvgIpc) is 2.98. The highest BCUT2D eigenvalue weighted by atomic mass is 32.1. The van der Waals surface area contributed by atoms with Gasteiger partial charge in [0.05, 0.1) is 19.4 Å². The molecular formula is C13H13NO2S. The zero-order chi connectivity index (χ0) is 11.9. The lowest BCUT2D eigenvalue weighted by atomic mass is 10.2. The molecule has 0 aliphatic rings. The van der Waals surface area contributed by atoms with E-state index in [9.17, 15) is 0 Å². The second-order valence-corrected chi connectivity index (χ2v) is 4.34. The van der Waals surface area contributed by atoms with Gasteiger partial charge in [-0.15, -0.1) is 11.3 Å². The minimum absolute atomic E-state index is 0.378. The molecule has 0 bridgehead atoms. The average molecular weight is 247 g/mol. The molecule has 3 nitrogen and oxygen atoms in total. The molecule has 0 atom stereocenters. The van der Waals surface area contributed by atoms with Crippen molar-refractivity contribution in [2.24, 2.45) is 5.73 Å². The fraction of sp³-hybridized carbons (Fsp3) is 0.231. The van der Waals surface area contributed by atoms with E-state index < -0.39 is 0 Å². The lowest BCUT2D eigenvalue weighted by Crippen LogP contribution is -1.94. The van der Waals surface area contributed by atoms with Gasteiger partial charge >= 0.3 is 0 Å². The molecule has 2 rings (SSSR count). The summed E-state index contributed by atoms with van der Waals surface area (Å²) in [7, 11) is 0. The van der Waals surface area contributed by atoms with Crippen LogP contribution >= 0.6 is 11.3 Å². The fourth-order valence-electron chi connectivity index (χ4n) is 1.35. The van der Waals surface area contributed by atoms with Crippen LogP contribution in [0.25, 0.3) is 0 Å². The zero-order valence-electron chi connectivity index (χ0n) is 9.31. The molecule has 88 valence electrons. The van der Waals surface area contributed by atoms with E-state index in [-0.39, 0.29) is 0 Å². The monoisotopic (exact) mass is 247 g/mol. The smallest absolute Gasteiger partial charge is 0.129 e. The van der Waals surface area contributed by atoms with Crippen molar-refractivity contribution < 1.29 is 9.15 Å². The van der Waals surface area contributed by atoms with Crippen molar-refractivity contribution in [3.63, 3.8) is 0 Å². The summed E-state index contributed by atoms with van der Waals surface area (Å²) in [5, 5.41) is 2.01. The lowest BCUT2D eigenvalue weighted by Gasteiger charge is -2.00. The van der Waals surface area contributed by atoms with Gasteiger partial charge in [-0.2, -0.15) is 0 Å². The maximum atomic E-state index is 5.56. The van der Waals surface area contributed by atoms with E-state index in [2.05, 4.69) is 11.8 Å². The minimum Gasteiger partial charge on any atom is -0.467 e. The Balaban J connectivity index is 1.88. The molecule has 0 unspecified atom stereocenters. The van der Waals surface area contributed by atoms with E-state index in [0.717, 1.165) is 16.2 Å². The summed E-state index contributed by atoms with van der Waals surface area (Å²) < 4.78 is 10.7. The van der Waals surface area contributed by atoms with Gasteiger partial charge in [-0.25, -0.2) is 0 Å². The maximum absolute atomic E-state index is 5.56. The van der Waals surface area contributed by atoms with Gasteiger partial charge < -0.3 is 14.9 Å². The number of hydrogen-bond acceptors (Lipinski definition) is 4. The summed E-state index contributed by atoms with van der Waals surface area (Å²) in [5.74, 6) is 6.70. The number of nitrogens with two attached hydrogens (primary N) is 1. The Labute approximate surface area is 104 Å². The molecule has 0 radical (unpaired) electrons. The Morgan fingerprint density at radius 2 is 2.29 bits per heavy atom. The Morgan fingerprint density at radius 3 is 3.06 bits per heavy atom. The highest BCUT2D eigenvalue weighted by Gasteiger charge is 2.03. The van der Waals surface area contributed by atoms with Gasteiger partial charge in [-0.3, -0.25) is 0 Å². The molecule has 0 fully saturated rings. The lowest BCUT2D eigenvalue weighted by molar-refractivity contribution is 0.0947. The summed E-state index contributed by atoms with van der Waals surface area (Å²) in [6.07, 6.45) is 1.64. The largest absolute Gasteiger partial charge is 0.467 e. The molecular weight excluding hydrogens is 234 g/mol. The minimum atomic E-state index is 0.378. The van der Waals surface area contributed by atoms with E-state index >= 15 is 0 Å². The standard InChI is InChI=1S/C13H13NO2S/c14-6-1-3-11-5-8-17-13(11)10-15-9-12-4-2-7-16-12/h2,4-5,7-8H,6,9-10,14H2. The van der Waals surface area contributed by atoms with Crippen molar-refractivity contribution in [2.45, 2.75) is 13.2 Å². The topological polar surface area (TPSA) is 48.4 Å². The summed E-state index contributed by atoms with van der Waals surface area (Å²) in [6, 6.07) is 5.73. The molecule has 0 aliphatic heterocycles. The Hall–Kier alpha value is -1.54. The van der Waals surface area contributed by atoms with Crippen molar-refractivity contribution in [3.05, 3.63) is 46.0 Å². The van der Waals surface area contributed by atoms with Crippen molar-refractivity contribution in [1.29, 1.82) is 0 Å². The van der Waals surface area contributed by atoms with Crippen LogP contribution in [0.3, 0.4) is 0 Å². The van der Waals surface area contributed by atoms with Crippen molar-refractivity contribution in [3.8, 4) is 11.8 Å². The van der Waals surface area contributed by atoms with Crippen molar-refractivity contribution >= 4 is 11.3 Å². The van der Waals surface area contributed by atoms with Gasteiger partial charge in [0.25, 0.3) is 0 Å². The Morgan fingerprint density at radius 1 is 1.35 bits per heavy atom. The van der Waals surface area contributed by atoms with Crippen LogP contribution in [0, 0.1) is 11.8 Å². The van der Waals surface area contributed by atoms with Crippen LogP contribution in [0.15, 0.2) is 34.3 Å².